The number of carbonyl (C=O) groups excluding carboxylic acids is 1. The molecule has 1 rings (SSSR count). The van der Waals surface area contributed by atoms with Gasteiger partial charge in [0.1, 0.15) is 0 Å². The fraction of sp³-hybridized carbons (Fsp3) is 0.636. The normalized spacial score (nSPS) is 12.4. The van der Waals surface area contributed by atoms with E-state index < -0.39 is 0 Å². The van der Waals surface area contributed by atoms with Crippen LogP contribution in [0.25, 0.3) is 0 Å². The van der Waals surface area contributed by atoms with Crippen LogP contribution in [-0.2, 0) is 17.6 Å². The van der Waals surface area contributed by atoms with Gasteiger partial charge in [0.05, 0.1) is 0 Å². The van der Waals surface area contributed by atoms with E-state index in [0.29, 0.717) is 12.3 Å². The van der Waals surface area contributed by atoms with Gasteiger partial charge in [-0.05, 0) is 42.9 Å². The topological polar surface area (TPSA) is 30.0 Å². The maximum Gasteiger partial charge on any atom is 0.155 e. The van der Waals surface area contributed by atoms with Crippen LogP contribution in [-0.4, -0.2) is 10.8 Å². The summed E-state index contributed by atoms with van der Waals surface area (Å²) in [6.07, 6.45) is 9.71. The van der Waals surface area contributed by atoms with E-state index in [9.17, 15) is 4.79 Å². The molecule has 0 bridgehead atoms. The van der Waals surface area contributed by atoms with Crippen molar-refractivity contribution < 1.29 is 4.79 Å². The average molecular weight is 332 g/mol. The van der Waals surface area contributed by atoms with E-state index in [4.69, 9.17) is 0 Å². The van der Waals surface area contributed by atoms with Crippen molar-refractivity contribution in [3.8, 4) is 0 Å². The quantitative estimate of drug-likeness (QED) is 0.500. The highest BCUT2D eigenvalue weighted by molar-refractivity contribution is 5.90. The number of pyridine rings is 1. The molecule has 0 spiro atoms. The monoisotopic (exact) mass is 331 g/mol. The van der Waals surface area contributed by atoms with Gasteiger partial charge in [-0.1, -0.05) is 66.0 Å². The van der Waals surface area contributed by atoms with Crippen molar-refractivity contribution in [3.63, 3.8) is 0 Å². The minimum atomic E-state index is 0.221. The van der Waals surface area contributed by atoms with Crippen LogP contribution in [0.4, 0.5) is 0 Å². The Morgan fingerprint density at radius 1 is 1.21 bits per heavy atom. The minimum Gasteiger partial charge on any atom is -0.295 e. The summed E-state index contributed by atoms with van der Waals surface area (Å²) in [5.74, 6) is 0.662. The SMILES string of the molecule is CC.CCCc1cnc(C/C(=C/C(=O)CC)C(C)CCC)c(C)c1. The summed E-state index contributed by atoms with van der Waals surface area (Å²) in [5.41, 5.74) is 4.88. The van der Waals surface area contributed by atoms with Crippen LogP contribution in [0.15, 0.2) is 23.9 Å². The van der Waals surface area contributed by atoms with Crippen molar-refractivity contribution in [1.82, 2.24) is 4.98 Å². The summed E-state index contributed by atoms with van der Waals surface area (Å²) in [7, 11) is 0. The average Bonchev–Trinajstić information content (AvgIpc) is 2.58. The first-order valence-corrected chi connectivity index (χ1v) is 9.69. The van der Waals surface area contributed by atoms with Crippen LogP contribution in [0.5, 0.6) is 0 Å². The lowest BCUT2D eigenvalue weighted by molar-refractivity contribution is -0.114. The molecule has 0 aliphatic carbocycles. The summed E-state index contributed by atoms with van der Waals surface area (Å²) in [6, 6.07) is 2.25. The van der Waals surface area contributed by atoms with Crippen LogP contribution < -0.4 is 0 Å². The Labute approximate surface area is 149 Å². The Bertz CT molecular complexity index is 517. The largest absolute Gasteiger partial charge is 0.295 e. The van der Waals surface area contributed by atoms with Gasteiger partial charge in [-0.25, -0.2) is 0 Å². The first-order chi connectivity index (χ1) is 11.5. The van der Waals surface area contributed by atoms with Crippen LogP contribution in [0.3, 0.4) is 0 Å². The van der Waals surface area contributed by atoms with Crippen molar-refractivity contribution in [2.75, 3.05) is 0 Å². The van der Waals surface area contributed by atoms with Crippen LogP contribution in [0, 0.1) is 12.8 Å². The number of aromatic nitrogens is 1. The zero-order chi connectivity index (χ0) is 18.5. The van der Waals surface area contributed by atoms with Crippen LogP contribution in [0.2, 0.25) is 0 Å². The summed E-state index contributed by atoms with van der Waals surface area (Å²) in [5, 5.41) is 0. The van der Waals surface area contributed by atoms with E-state index in [1.165, 1.54) is 16.7 Å². The number of aryl methyl sites for hydroxylation is 2. The molecule has 0 saturated heterocycles. The zero-order valence-electron chi connectivity index (χ0n) is 16.9. The number of rotatable bonds is 9. The number of nitrogens with zero attached hydrogens (tertiary/aromatic N) is 1. The van der Waals surface area contributed by atoms with E-state index >= 15 is 0 Å². The highest BCUT2D eigenvalue weighted by atomic mass is 16.1. The Kier molecular flexibility index (Phi) is 12.1. The van der Waals surface area contributed by atoms with E-state index in [-0.39, 0.29) is 5.78 Å². The highest BCUT2D eigenvalue weighted by Crippen LogP contribution is 2.22. The number of allylic oxidation sites excluding steroid dienone is 2. The fourth-order valence-electron chi connectivity index (χ4n) is 2.76. The molecule has 1 heterocycles. The van der Waals surface area contributed by atoms with Gasteiger partial charge in [0.2, 0.25) is 0 Å². The van der Waals surface area contributed by atoms with Gasteiger partial charge in [-0.2, -0.15) is 0 Å². The van der Waals surface area contributed by atoms with Gasteiger partial charge in [0, 0.05) is 24.7 Å². The summed E-state index contributed by atoms with van der Waals surface area (Å²) in [4.78, 5) is 16.5. The molecule has 1 unspecified atom stereocenters. The zero-order valence-corrected chi connectivity index (χ0v) is 16.9. The number of carbonyl (C=O) groups is 1. The molecule has 0 aliphatic rings. The van der Waals surface area contributed by atoms with E-state index in [1.807, 2.05) is 33.0 Å². The molecule has 2 nitrogen and oxygen atoms in total. The standard InChI is InChI=1S/C20H31NO.C2H6/c1-6-9-15(4)18(12-19(22)8-3)13-20-16(5)11-17(10-7-2)14-21-20;1-2/h11-12,14-15H,6-10,13H2,1-5H3;1-2H3/b18-12-;. The molecule has 0 aliphatic heterocycles. The molecule has 2 heteroatoms. The summed E-state index contributed by atoms with van der Waals surface area (Å²) in [6.45, 7) is 14.7. The predicted molar refractivity (Wildman–Crippen MR) is 105 cm³/mol. The Morgan fingerprint density at radius 3 is 2.38 bits per heavy atom. The summed E-state index contributed by atoms with van der Waals surface area (Å²) < 4.78 is 0. The van der Waals surface area contributed by atoms with Crippen molar-refractivity contribution in [2.24, 2.45) is 5.92 Å². The lowest BCUT2D eigenvalue weighted by Gasteiger charge is -2.16. The molecule has 0 N–H and O–H groups in total. The third-order valence-electron chi connectivity index (χ3n) is 4.20. The number of ketones is 1. The predicted octanol–water partition coefficient (Wildman–Crippen LogP) is 6.25. The van der Waals surface area contributed by atoms with Gasteiger partial charge in [0.25, 0.3) is 0 Å². The molecular formula is C22H37NO. The molecule has 0 fully saturated rings. The van der Waals surface area contributed by atoms with Gasteiger partial charge in [-0.15, -0.1) is 0 Å². The second-order valence-corrected chi connectivity index (χ2v) is 6.26. The number of hydrogen-bond acceptors (Lipinski definition) is 2. The molecule has 1 aromatic rings. The van der Waals surface area contributed by atoms with Crippen molar-refractivity contribution in [2.45, 2.75) is 87.0 Å². The van der Waals surface area contributed by atoms with Gasteiger partial charge >= 0.3 is 0 Å². The van der Waals surface area contributed by atoms with Gasteiger partial charge in [-0.3, -0.25) is 9.78 Å². The molecule has 1 aromatic heterocycles. The van der Waals surface area contributed by atoms with Crippen LogP contribution in [0.1, 0.15) is 84.0 Å². The maximum atomic E-state index is 11.8. The second kappa shape index (κ2) is 12.9. The molecule has 24 heavy (non-hydrogen) atoms. The Hall–Kier alpha value is -1.44. The lowest BCUT2D eigenvalue weighted by Crippen LogP contribution is -2.08. The molecule has 0 radical (unpaired) electrons. The molecule has 0 aromatic carbocycles. The third kappa shape index (κ3) is 7.90. The Balaban J connectivity index is 0.00000254. The third-order valence-corrected chi connectivity index (χ3v) is 4.20. The van der Waals surface area contributed by atoms with E-state index in [2.05, 4.69) is 38.7 Å². The lowest BCUT2D eigenvalue weighted by atomic mass is 9.90. The molecule has 1 atom stereocenters. The molecule has 136 valence electrons. The van der Waals surface area contributed by atoms with Crippen LogP contribution >= 0.6 is 0 Å². The first-order valence-electron chi connectivity index (χ1n) is 9.69. The smallest absolute Gasteiger partial charge is 0.155 e. The first kappa shape index (κ1) is 22.6. The summed E-state index contributed by atoms with van der Waals surface area (Å²) >= 11 is 0. The van der Waals surface area contributed by atoms with Gasteiger partial charge in [0.15, 0.2) is 5.78 Å². The molecule has 0 amide bonds. The maximum absolute atomic E-state index is 11.8. The van der Waals surface area contributed by atoms with E-state index in [1.54, 1.807) is 0 Å². The van der Waals surface area contributed by atoms with E-state index in [0.717, 1.165) is 37.8 Å². The highest BCUT2D eigenvalue weighted by Gasteiger charge is 2.13. The van der Waals surface area contributed by atoms with Crippen molar-refractivity contribution >= 4 is 5.78 Å². The molecular weight excluding hydrogens is 294 g/mol. The number of hydrogen-bond donors (Lipinski definition) is 0. The minimum absolute atomic E-state index is 0.221. The molecule has 0 saturated carbocycles. The Morgan fingerprint density at radius 2 is 1.88 bits per heavy atom. The van der Waals surface area contributed by atoms with Gasteiger partial charge < -0.3 is 0 Å². The van der Waals surface area contributed by atoms with Crippen molar-refractivity contribution in [3.05, 3.63) is 40.7 Å². The van der Waals surface area contributed by atoms with Crippen molar-refractivity contribution in [1.29, 1.82) is 0 Å². The fourth-order valence-corrected chi connectivity index (χ4v) is 2.76. The second-order valence-electron chi connectivity index (χ2n) is 6.26.